The lowest BCUT2D eigenvalue weighted by molar-refractivity contribution is -0.134. The quantitative estimate of drug-likeness (QED) is 0.753. The van der Waals surface area contributed by atoms with Crippen LogP contribution in [0, 0.1) is 11.7 Å². The number of hydrogen-bond donors (Lipinski definition) is 0. The normalized spacial score (nSPS) is 23.1. The Bertz CT molecular complexity index is 844. The minimum Gasteiger partial charge on any atom is -0.465 e. The van der Waals surface area contributed by atoms with Crippen molar-refractivity contribution >= 4 is 12.0 Å². The van der Waals surface area contributed by atoms with Gasteiger partial charge in [0.15, 0.2) is 0 Å². The van der Waals surface area contributed by atoms with Crippen LogP contribution in [-0.4, -0.2) is 47.9 Å². The van der Waals surface area contributed by atoms with Gasteiger partial charge >= 0.3 is 0 Å². The minimum atomic E-state index is -0.263. The molecule has 2 saturated heterocycles. The van der Waals surface area contributed by atoms with Crippen molar-refractivity contribution in [2.24, 2.45) is 5.92 Å². The SMILES string of the molecule is C/C(=C\c1ccco1)CN1CCC[C@@H]2CN(C(=O)Cc3ccc(F)cc3)CC[C@H]21. The van der Waals surface area contributed by atoms with Gasteiger partial charge in [-0.15, -0.1) is 0 Å². The summed E-state index contributed by atoms with van der Waals surface area (Å²) >= 11 is 0. The molecular formula is C24H29FN2O2. The summed E-state index contributed by atoms with van der Waals surface area (Å²) in [5, 5.41) is 0. The van der Waals surface area contributed by atoms with Gasteiger partial charge in [-0.05, 0) is 74.6 Å². The van der Waals surface area contributed by atoms with E-state index in [1.807, 2.05) is 17.0 Å². The smallest absolute Gasteiger partial charge is 0.227 e. The summed E-state index contributed by atoms with van der Waals surface area (Å²) in [5.74, 6) is 1.32. The van der Waals surface area contributed by atoms with Crippen LogP contribution in [0.1, 0.15) is 37.5 Å². The van der Waals surface area contributed by atoms with Gasteiger partial charge in [0.2, 0.25) is 5.91 Å². The molecule has 1 aromatic carbocycles. The van der Waals surface area contributed by atoms with E-state index < -0.39 is 0 Å². The molecule has 2 atom stereocenters. The largest absolute Gasteiger partial charge is 0.465 e. The Morgan fingerprint density at radius 3 is 2.79 bits per heavy atom. The van der Waals surface area contributed by atoms with E-state index in [0.29, 0.717) is 18.4 Å². The molecule has 4 nitrogen and oxygen atoms in total. The van der Waals surface area contributed by atoms with E-state index in [2.05, 4.69) is 17.9 Å². The van der Waals surface area contributed by atoms with Crippen molar-refractivity contribution in [2.45, 2.75) is 38.6 Å². The van der Waals surface area contributed by atoms with Crippen molar-refractivity contribution in [3.63, 3.8) is 0 Å². The Labute approximate surface area is 172 Å². The van der Waals surface area contributed by atoms with Crippen molar-refractivity contribution in [1.82, 2.24) is 9.80 Å². The Balaban J connectivity index is 1.35. The van der Waals surface area contributed by atoms with E-state index in [9.17, 15) is 9.18 Å². The lowest BCUT2D eigenvalue weighted by Gasteiger charge is -2.47. The number of nitrogens with zero attached hydrogens (tertiary/aromatic N) is 2. The third kappa shape index (κ3) is 4.96. The summed E-state index contributed by atoms with van der Waals surface area (Å²) in [6, 6.07) is 10.7. The Morgan fingerprint density at radius 1 is 1.21 bits per heavy atom. The molecule has 0 bridgehead atoms. The molecule has 0 saturated carbocycles. The number of carbonyl (C=O) groups is 1. The van der Waals surface area contributed by atoms with Crippen LogP contribution in [0.25, 0.3) is 6.08 Å². The molecule has 2 aromatic rings. The van der Waals surface area contributed by atoms with Crippen LogP contribution in [0.5, 0.6) is 0 Å². The fourth-order valence-corrected chi connectivity index (χ4v) is 4.80. The maximum Gasteiger partial charge on any atom is 0.227 e. The van der Waals surface area contributed by atoms with Gasteiger partial charge in [0.05, 0.1) is 12.7 Å². The lowest BCUT2D eigenvalue weighted by atomic mass is 9.83. The average molecular weight is 397 g/mol. The molecule has 5 heteroatoms. The summed E-state index contributed by atoms with van der Waals surface area (Å²) in [6.07, 6.45) is 7.55. The van der Waals surface area contributed by atoms with Crippen LogP contribution in [0.2, 0.25) is 0 Å². The van der Waals surface area contributed by atoms with Crippen LogP contribution in [0.4, 0.5) is 4.39 Å². The van der Waals surface area contributed by atoms with E-state index in [0.717, 1.165) is 43.9 Å². The third-order valence-electron chi connectivity index (χ3n) is 6.19. The molecule has 2 aliphatic rings. The zero-order valence-corrected chi connectivity index (χ0v) is 17.0. The molecule has 2 aliphatic heterocycles. The number of benzene rings is 1. The molecule has 4 rings (SSSR count). The Kier molecular flexibility index (Phi) is 6.14. The Hall–Kier alpha value is -2.40. The number of halogens is 1. The molecule has 2 fully saturated rings. The molecule has 3 heterocycles. The van der Waals surface area contributed by atoms with Gasteiger partial charge in [0, 0.05) is 25.7 Å². The van der Waals surface area contributed by atoms with Crippen LogP contribution >= 0.6 is 0 Å². The van der Waals surface area contributed by atoms with Crippen LogP contribution in [0.3, 0.4) is 0 Å². The fourth-order valence-electron chi connectivity index (χ4n) is 4.80. The monoisotopic (exact) mass is 396 g/mol. The standard InChI is InChI=1S/C24H29FN2O2/c1-18(14-22-5-3-13-29-22)16-26-11-2-4-20-17-27(12-10-23(20)26)24(28)15-19-6-8-21(25)9-7-19/h3,5-9,13-14,20,23H,2,4,10-12,15-17H2,1H3/b18-14+/t20-,23-/m1/s1. The number of piperidine rings is 2. The zero-order chi connectivity index (χ0) is 20.2. The molecule has 1 aromatic heterocycles. The molecular weight excluding hydrogens is 367 g/mol. The van der Waals surface area contributed by atoms with Gasteiger partial charge in [0.1, 0.15) is 11.6 Å². The summed E-state index contributed by atoms with van der Waals surface area (Å²) in [6.45, 7) is 5.87. The van der Waals surface area contributed by atoms with Crippen LogP contribution in [0.15, 0.2) is 52.7 Å². The molecule has 0 N–H and O–H groups in total. The lowest BCUT2D eigenvalue weighted by Crippen LogP contribution is -2.55. The zero-order valence-electron chi connectivity index (χ0n) is 17.0. The first kappa shape index (κ1) is 19.9. The van der Waals surface area contributed by atoms with Crippen molar-refractivity contribution in [2.75, 3.05) is 26.2 Å². The second-order valence-electron chi connectivity index (χ2n) is 8.38. The highest BCUT2D eigenvalue weighted by Gasteiger charge is 2.37. The van der Waals surface area contributed by atoms with Gasteiger partial charge in [-0.3, -0.25) is 9.69 Å². The second kappa shape index (κ2) is 8.95. The first-order valence-electron chi connectivity index (χ1n) is 10.6. The van der Waals surface area contributed by atoms with E-state index in [-0.39, 0.29) is 11.7 Å². The Morgan fingerprint density at radius 2 is 2.03 bits per heavy atom. The van der Waals surface area contributed by atoms with Crippen molar-refractivity contribution in [3.05, 3.63) is 65.4 Å². The minimum absolute atomic E-state index is 0.154. The predicted octanol–water partition coefficient (Wildman–Crippen LogP) is 4.38. The van der Waals surface area contributed by atoms with Crippen molar-refractivity contribution in [1.29, 1.82) is 0 Å². The van der Waals surface area contributed by atoms with Gasteiger partial charge < -0.3 is 9.32 Å². The average Bonchev–Trinajstić information content (AvgIpc) is 3.22. The summed E-state index contributed by atoms with van der Waals surface area (Å²) in [4.78, 5) is 17.4. The maximum atomic E-state index is 13.1. The van der Waals surface area contributed by atoms with E-state index in [1.54, 1.807) is 18.4 Å². The highest BCUT2D eigenvalue weighted by Crippen LogP contribution is 2.31. The third-order valence-corrected chi connectivity index (χ3v) is 6.19. The molecule has 154 valence electrons. The number of fused-ring (bicyclic) bond motifs is 1. The number of likely N-dealkylation sites (tertiary alicyclic amines) is 2. The topological polar surface area (TPSA) is 36.7 Å². The summed E-state index contributed by atoms with van der Waals surface area (Å²) in [7, 11) is 0. The number of carbonyl (C=O) groups excluding carboxylic acids is 1. The summed E-state index contributed by atoms with van der Waals surface area (Å²) in [5.41, 5.74) is 2.18. The first-order chi connectivity index (χ1) is 14.1. The number of amides is 1. The molecule has 0 spiro atoms. The van der Waals surface area contributed by atoms with E-state index in [4.69, 9.17) is 4.42 Å². The number of rotatable bonds is 5. The van der Waals surface area contributed by atoms with Crippen molar-refractivity contribution < 1.29 is 13.6 Å². The van der Waals surface area contributed by atoms with Gasteiger partial charge in [-0.25, -0.2) is 4.39 Å². The second-order valence-corrected chi connectivity index (χ2v) is 8.38. The molecule has 29 heavy (non-hydrogen) atoms. The molecule has 0 radical (unpaired) electrons. The first-order valence-corrected chi connectivity index (χ1v) is 10.6. The van der Waals surface area contributed by atoms with Gasteiger partial charge in [-0.1, -0.05) is 17.7 Å². The van der Waals surface area contributed by atoms with E-state index in [1.165, 1.54) is 30.5 Å². The molecule has 1 amide bonds. The molecule has 0 aliphatic carbocycles. The van der Waals surface area contributed by atoms with Crippen LogP contribution in [-0.2, 0) is 11.2 Å². The van der Waals surface area contributed by atoms with Crippen molar-refractivity contribution in [3.8, 4) is 0 Å². The number of furan rings is 1. The molecule has 0 unspecified atom stereocenters. The van der Waals surface area contributed by atoms with Gasteiger partial charge in [0.25, 0.3) is 0 Å². The van der Waals surface area contributed by atoms with Gasteiger partial charge in [-0.2, -0.15) is 0 Å². The predicted molar refractivity (Wildman–Crippen MR) is 112 cm³/mol. The summed E-state index contributed by atoms with van der Waals surface area (Å²) < 4.78 is 18.5. The maximum absolute atomic E-state index is 13.1. The van der Waals surface area contributed by atoms with E-state index >= 15 is 0 Å². The highest BCUT2D eigenvalue weighted by atomic mass is 19.1. The number of hydrogen-bond acceptors (Lipinski definition) is 3. The van der Waals surface area contributed by atoms with Crippen LogP contribution < -0.4 is 0 Å². The highest BCUT2D eigenvalue weighted by molar-refractivity contribution is 5.78. The fraction of sp³-hybridized carbons (Fsp3) is 0.458.